The zero-order valence-corrected chi connectivity index (χ0v) is 15.4. The first-order valence-corrected chi connectivity index (χ1v) is 8.93. The summed E-state index contributed by atoms with van der Waals surface area (Å²) in [6, 6.07) is 18.6. The third kappa shape index (κ3) is 4.82. The van der Waals surface area contributed by atoms with Crippen LogP contribution in [-0.4, -0.2) is 21.9 Å². The Labute approximate surface area is 158 Å². The van der Waals surface area contributed by atoms with Crippen LogP contribution in [-0.2, 0) is 0 Å². The van der Waals surface area contributed by atoms with Gasteiger partial charge in [-0.2, -0.15) is 4.98 Å². The van der Waals surface area contributed by atoms with Crippen LogP contribution < -0.4 is 16.4 Å². The van der Waals surface area contributed by atoms with E-state index in [1.165, 1.54) is 0 Å². The zero-order chi connectivity index (χ0) is 19.2. The van der Waals surface area contributed by atoms with Gasteiger partial charge in [-0.15, -0.1) is 0 Å². The maximum atomic E-state index is 12.6. The molecule has 0 aliphatic rings. The first-order chi connectivity index (χ1) is 13.0. The van der Waals surface area contributed by atoms with Crippen molar-refractivity contribution in [2.24, 2.45) is 0 Å². The molecule has 0 radical (unpaired) electrons. The molecule has 6 heteroatoms. The molecule has 1 aromatic heterocycles. The minimum absolute atomic E-state index is 0.216. The molecule has 3 aromatic rings. The van der Waals surface area contributed by atoms with Crippen molar-refractivity contribution in [2.45, 2.75) is 26.3 Å². The second-order valence-electron chi connectivity index (χ2n) is 6.36. The highest BCUT2D eigenvalue weighted by atomic mass is 16.1. The van der Waals surface area contributed by atoms with Crippen molar-refractivity contribution in [3.8, 4) is 11.3 Å². The highest BCUT2D eigenvalue weighted by molar-refractivity contribution is 6.04. The van der Waals surface area contributed by atoms with Crippen molar-refractivity contribution >= 4 is 23.4 Å². The molecule has 0 saturated carbocycles. The lowest BCUT2D eigenvalue weighted by Crippen LogP contribution is -2.18. The van der Waals surface area contributed by atoms with E-state index in [4.69, 9.17) is 5.73 Å². The third-order valence-corrected chi connectivity index (χ3v) is 4.17. The predicted molar refractivity (Wildman–Crippen MR) is 110 cm³/mol. The third-order valence-electron chi connectivity index (χ3n) is 4.17. The number of carbonyl (C=O) groups excluding carboxylic acids is 1. The minimum atomic E-state index is -0.269. The first kappa shape index (κ1) is 18.4. The molecule has 0 fully saturated rings. The molecule has 1 heterocycles. The van der Waals surface area contributed by atoms with Crippen molar-refractivity contribution < 1.29 is 4.79 Å². The quantitative estimate of drug-likeness (QED) is 0.573. The lowest BCUT2D eigenvalue weighted by Gasteiger charge is -2.14. The van der Waals surface area contributed by atoms with Crippen molar-refractivity contribution in [1.82, 2.24) is 9.97 Å². The highest BCUT2D eigenvalue weighted by Crippen LogP contribution is 2.22. The van der Waals surface area contributed by atoms with E-state index in [-0.39, 0.29) is 11.9 Å². The fourth-order valence-corrected chi connectivity index (χ4v) is 2.52. The molecule has 3 rings (SSSR count). The molecule has 0 bridgehead atoms. The summed E-state index contributed by atoms with van der Waals surface area (Å²) in [6.45, 7) is 4.14. The number of nitrogen functional groups attached to an aromatic ring is 1. The van der Waals surface area contributed by atoms with Crippen LogP contribution in [0.1, 0.15) is 30.6 Å². The van der Waals surface area contributed by atoms with Crippen LogP contribution in [0.3, 0.4) is 0 Å². The molecule has 4 N–H and O–H groups in total. The summed E-state index contributed by atoms with van der Waals surface area (Å²) in [7, 11) is 0. The Morgan fingerprint density at radius 2 is 1.85 bits per heavy atom. The van der Waals surface area contributed by atoms with E-state index in [0.29, 0.717) is 23.0 Å². The molecule has 1 atom stereocenters. The van der Waals surface area contributed by atoms with Gasteiger partial charge in [0.15, 0.2) is 0 Å². The molecule has 0 spiro atoms. The number of rotatable bonds is 6. The molecule has 0 aliphatic heterocycles. The van der Waals surface area contributed by atoms with E-state index in [2.05, 4.69) is 34.4 Å². The molecular weight excluding hydrogens is 338 g/mol. The SMILES string of the molecule is CC[C@H](C)Nc1nc(NC(=O)c2cccc(N)c2)cc(-c2ccccc2)n1. The van der Waals surface area contributed by atoms with Crippen LogP contribution in [0.4, 0.5) is 17.5 Å². The van der Waals surface area contributed by atoms with Gasteiger partial charge in [-0.1, -0.05) is 43.3 Å². The Hall–Kier alpha value is -3.41. The molecule has 0 aliphatic carbocycles. The van der Waals surface area contributed by atoms with Gasteiger partial charge < -0.3 is 16.4 Å². The van der Waals surface area contributed by atoms with Crippen LogP contribution in [0.25, 0.3) is 11.3 Å². The van der Waals surface area contributed by atoms with Gasteiger partial charge >= 0.3 is 0 Å². The Kier molecular flexibility index (Phi) is 5.66. The maximum absolute atomic E-state index is 12.6. The van der Waals surface area contributed by atoms with Crippen LogP contribution in [0, 0.1) is 0 Å². The molecule has 138 valence electrons. The van der Waals surface area contributed by atoms with Crippen molar-refractivity contribution in [2.75, 3.05) is 16.4 Å². The first-order valence-electron chi connectivity index (χ1n) is 8.93. The second-order valence-corrected chi connectivity index (χ2v) is 6.36. The van der Waals surface area contributed by atoms with Crippen molar-refractivity contribution in [1.29, 1.82) is 0 Å². The van der Waals surface area contributed by atoms with Gasteiger partial charge in [0.2, 0.25) is 5.95 Å². The fourth-order valence-electron chi connectivity index (χ4n) is 2.52. The summed E-state index contributed by atoms with van der Waals surface area (Å²) < 4.78 is 0. The van der Waals surface area contributed by atoms with Crippen LogP contribution >= 0.6 is 0 Å². The Morgan fingerprint density at radius 1 is 1.07 bits per heavy atom. The number of hydrogen-bond donors (Lipinski definition) is 3. The molecule has 1 amide bonds. The second kappa shape index (κ2) is 8.31. The zero-order valence-electron chi connectivity index (χ0n) is 15.4. The number of aromatic nitrogens is 2. The van der Waals surface area contributed by atoms with E-state index < -0.39 is 0 Å². The average molecular weight is 361 g/mol. The van der Waals surface area contributed by atoms with E-state index in [0.717, 1.165) is 17.7 Å². The number of nitrogens with one attached hydrogen (secondary N) is 2. The van der Waals surface area contributed by atoms with Gasteiger partial charge in [-0.3, -0.25) is 4.79 Å². The maximum Gasteiger partial charge on any atom is 0.256 e. The van der Waals surface area contributed by atoms with Crippen LogP contribution in [0.15, 0.2) is 60.7 Å². The Bertz CT molecular complexity index is 927. The summed E-state index contributed by atoms with van der Waals surface area (Å²) in [4.78, 5) is 21.6. The highest BCUT2D eigenvalue weighted by Gasteiger charge is 2.12. The number of nitrogens with two attached hydrogens (primary N) is 1. The van der Waals surface area contributed by atoms with Gasteiger partial charge in [0, 0.05) is 28.9 Å². The monoisotopic (exact) mass is 361 g/mol. The lowest BCUT2D eigenvalue weighted by atomic mass is 10.1. The Morgan fingerprint density at radius 3 is 2.56 bits per heavy atom. The number of carbonyl (C=O) groups is 1. The van der Waals surface area contributed by atoms with E-state index >= 15 is 0 Å². The lowest BCUT2D eigenvalue weighted by molar-refractivity contribution is 0.102. The summed E-state index contributed by atoms with van der Waals surface area (Å²) in [5.74, 6) is 0.644. The number of benzene rings is 2. The van der Waals surface area contributed by atoms with Gasteiger partial charge in [-0.05, 0) is 31.5 Å². The number of hydrogen-bond acceptors (Lipinski definition) is 5. The van der Waals surface area contributed by atoms with Gasteiger partial charge in [0.1, 0.15) is 5.82 Å². The molecular formula is C21H23N5O. The summed E-state index contributed by atoms with van der Waals surface area (Å²) >= 11 is 0. The topological polar surface area (TPSA) is 92.9 Å². The average Bonchev–Trinajstić information content (AvgIpc) is 2.68. The number of nitrogens with zero attached hydrogens (tertiary/aromatic N) is 2. The van der Waals surface area contributed by atoms with Gasteiger partial charge in [-0.25, -0.2) is 4.98 Å². The molecule has 0 saturated heterocycles. The number of amides is 1. The largest absolute Gasteiger partial charge is 0.399 e. The van der Waals surface area contributed by atoms with Gasteiger partial charge in [0.25, 0.3) is 5.91 Å². The fraction of sp³-hybridized carbons (Fsp3) is 0.190. The summed E-state index contributed by atoms with van der Waals surface area (Å²) in [5.41, 5.74) is 8.47. The minimum Gasteiger partial charge on any atom is -0.399 e. The normalized spacial score (nSPS) is 11.6. The van der Waals surface area contributed by atoms with Crippen molar-refractivity contribution in [3.63, 3.8) is 0 Å². The van der Waals surface area contributed by atoms with E-state index in [1.54, 1.807) is 30.3 Å². The van der Waals surface area contributed by atoms with E-state index in [1.807, 2.05) is 30.3 Å². The van der Waals surface area contributed by atoms with Crippen LogP contribution in [0.5, 0.6) is 0 Å². The van der Waals surface area contributed by atoms with Crippen molar-refractivity contribution in [3.05, 3.63) is 66.2 Å². The molecule has 2 aromatic carbocycles. The standard InChI is InChI=1S/C21H23N5O/c1-3-14(2)23-21-24-18(15-8-5-4-6-9-15)13-19(26-21)25-20(27)16-10-7-11-17(22)12-16/h4-14H,3,22H2,1-2H3,(H2,23,24,25,26,27)/t14-/m0/s1. The molecule has 6 nitrogen and oxygen atoms in total. The Balaban J connectivity index is 1.93. The molecule has 27 heavy (non-hydrogen) atoms. The van der Waals surface area contributed by atoms with Gasteiger partial charge in [0.05, 0.1) is 5.69 Å². The summed E-state index contributed by atoms with van der Waals surface area (Å²) in [6.07, 6.45) is 0.934. The van der Waals surface area contributed by atoms with E-state index in [9.17, 15) is 4.79 Å². The van der Waals surface area contributed by atoms with Crippen LogP contribution in [0.2, 0.25) is 0 Å². The smallest absolute Gasteiger partial charge is 0.256 e. The number of anilines is 3. The predicted octanol–water partition coefficient (Wildman–Crippen LogP) is 4.19. The summed E-state index contributed by atoms with van der Waals surface area (Å²) in [5, 5.41) is 6.11. The molecule has 0 unspecified atom stereocenters.